The molecule has 1 N–H and O–H groups in total. The number of hydrogen-bond donors (Lipinski definition) is 1. The van der Waals surface area contributed by atoms with Gasteiger partial charge in [0.1, 0.15) is 5.82 Å². The van der Waals surface area contributed by atoms with E-state index in [-0.39, 0.29) is 5.38 Å². The SMILES string of the molecule is CCC(Cl)CCNc1ncccc1Cl. The lowest BCUT2D eigenvalue weighted by molar-refractivity contribution is 0.752. The number of alkyl halides is 1. The van der Waals surface area contributed by atoms with Crippen molar-refractivity contribution in [1.29, 1.82) is 0 Å². The first-order valence-corrected chi connectivity index (χ1v) is 5.54. The number of pyridine rings is 1. The fraction of sp³-hybridized carbons (Fsp3) is 0.500. The maximum Gasteiger partial charge on any atom is 0.144 e. The van der Waals surface area contributed by atoms with Crippen LogP contribution in [0.4, 0.5) is 5.82 Å². The number of hydrogen-bond acceptors (Lipinski definition) is 2. The number of nitrogens with one attached hydrogen (secondary N) is 1. The van der Waals surface area contributed by atoms with E-state index in [0.717, 1.165) is 25.2 Å². The van der Waals surface area contributed by atoms with Crippen LogP contribution in [0.5, 0.6) is 0 Å². The van der Waals surface area contributed by atoms with Crippen LogP contribution in [0.3, 0.4) is 0 Å². The summed E-state index contributed by atoms with van der Waals surface area (Å²) in [5.74, 6) is 0.731. The zero-order valence-electron chi connectivity index (χ0n) is 8.13. The van der Waals surface area contributed by atoms with E-state index in [1.54, 1.807) is 6.20 Å². The molecule has 0 aliphatic carbocycles. The third-order valence-corrected chi connectivity index (χ3v) is 2.78. The number of halogens is 2. The highest BCUT2D eigenvalue weighted by atomic mass is 35.5. The molecule has 0 saturated heterocycles. The molecule has 1 rings (SSSR count). The van der Waals surface area contributed by atoms with Crippen molar-refractivity contribution < 1.29 is 0 Å². The van der Waals surface area contributed by atoms with Crippen LogP contribution in [-0.2, 0) is 0 Å². The minimum Gasteiger partial charge on any atom is -0.369 e. The van der Waals surface area contributed by atoms with Crippen LogP contribution in [0.1, 0.15) is 19.8 Å². The fourth-order valence-electron chi connectivity index (χ4n) is 1.07. The van der Waals surface area contributed by atoms with Crippen molar-refractivity contribution in [2.75, 3.05) is 11.9 Å². The van der Waals surface area contributed by atoms with E-state index in [0.29, 0.717) is 5.02 Å². The molecule has 0 fully saturated rings. The summed E-state index contributed by atoms with van der Waals surface area (Å²) in [6.45, 7) is 2.88. The van der Waals surface area contributed by atoms with E-state index in [2.05, 4.69) is 17.2 Å². The maximum absolute atomic E-state index is 5.98. The molecule has 1 aromatic heterocycles. The standard InChI is InChI=1S/C10H14Cl2N2/c1-2-8(11)5-7-14-10-9(12)4-3-6-13-10/h3-4,6,8H,2,5,7H2,1H3,(H,13,14). The molecule has 1 heterocycles. The normalized spacial score (nSPS) is 12.5. The summed E-state index contributed by atoms with van der Waals surface area (Å²) in [5.41, 5.74) is 0. The number of rotatable bonds is 5. The van der Waals surface area contributed by atoms with Gasteiger partial charge >= 0.3 is 0 Å². The molecule has 1 atom stereocenters. The van der Waals surface area contributed by atoms with Crippen molar-refractivity contribution in [1.82, 2.24) is 4.98 Å². The minimum absolute atomic E-state index is 0.227. The smallest absolute Gasteiger partial charge is 0.144 e. The average Bonchev–Trinajstić information content (AvgIpc) is 2.20. The first kappa shape index (κ1) is 11.6. The second-order valence-corrected chi connectivity index (χ2v) is 4.08. The van der Waals surface area contributed by atoms with Crippen molar-refractivity contribution in [2.45, 2.75) is 25.1 Å². The third kappa shape index (κ3) is 3.72. The molecule has 1 aromatic rings. The highest BCUT2D eigenvalue weighted by Gasteiger charge is 2.02. The van der Waals surface area contributed by atoms with Crippen LogP contribution in [0.2, 0.25) is 5.02 Å². The first-order valence-electron chi connectivity index (χ1n) is 4.72. The molecule has 0 spiro atoms. The monoisotopic (exact) mass is 232 g/mol. The van der Waals surface area contributed by atoms with E-state index < -0.39 is 0 Å². The summed E-state index contributed by atoms with van der Waals surface area (Å²) in [6, 6.07) is 3.62. The molecule has 1 unspecified atom stereocenters. The molecule has 14 heavy (non-hydrogen) atoms. The molecule has 0 aliphatic heterocycles. The van der Waals surface area contributed by atoms with Gasteiger partial charge in [-0.3, -0.25) is 0 Å². The molecule has 0 bridgehead atoms. The van der Waals surface area contributed by atoms with Gasteiger partial charge in [-0.2, -0.15) is 0 Å². The van der Waals surface area contributed by atoms with Crippen LogP contribution in [0.25, 0.3) is 0 Å². The number of anilines is 1. The topological polar surface area (TPSA) is 24.9 Å². The summed E-state index contributed by atoms with van der Waals surface area (Å²) in [7, 11) is 0. The van der Waals surface area contributed by atoms with E-state index >= 15 is 0 Å². The molecule has 0 saturated carbocycles. The summed E-state index contributed by atoms with van der Waals surface area (Å²) < 4.78 is 0. The second kappa shape index (κ2) is 6.10. The molecular weight excluding hydrogens is 219 g/mol. The largest absolute Gasteiger partial charge is 0.369 e. The van der Waals surface area contributed by atoms with Gasteiger partial charge < -0.3 is 5.32 Å². The Morgan fingerprint density at radius 1 is 1.57 bits per heavy atom. The highest BCUT2D eigenvalue weighted by Crippen LogP contribution is 2.17. The van der Waals surface area contributed by atoms with Crippen LogP contribution >= 0.6 is 23.2 Å². The lowest BCUT2D eigenvalue weighted by Crippen LogP contribution is -2.09. The quantitative estimate of drug-likeness (QED) is 0.786. The molecule has 0 aromatic carbocycles. The maximum atomic E-state index is 5.98. The van der Waals surface area contributed by atoms with Gasteiger partial charge in [-0.05, 0) is 25.0 Å². The third-order valence-electron chi connectivity index (χ3n) is 1.95. The summed E-state index contributed by atoms with van der Waals surface area (Å²) in [4.78, 5) is 4.11. The van der Waals surface area contributed by atoms with Gasteiger partial charge in [0.15, 0.2) is 0 Å². The Kier molecular flexibility index (Phi) is 5.05. The van der Waals surface area contributed by atoms with Gasteiger partial charge in [0.25, 0.3) is 0 Å². The highest BCUT2D eigenvalue weighted by molar-refractivity contribution is 6.32. The zero-order valence-corrected chi connectivity index (χ0v) is 9.65. The molecule has 0 amide bonds. The van der Waals surface area contributed by atoms with Gasteiger partial charge in [0.2, 0.25) is 0 Å². The second-order valence-electron chi connectivity index (χ2n) is 3.05. The van der Waals surface area contributed by atoms with E-state index in [1.807, 2.05) is 12.1 Å². The summed E-state index contributed by atoms with van der Waals surface area (Å²) in [6.07, 6.45) is 3.62. The van der Waals surface area contributed by atoms with E-state index in [1.165, 1.54) is 0 Å². The van der Waals surface area contributed by atoms with Gasteiger partial charge in [-0.15, -0.1) is 11.6 Å². The summed E-state index contributed by atoms with van der Waals surface area (Å²) in [5, 5.41) is 4.03. The molecule has 4 heteroatoms. The molecule has 2 nitrogen and oxygen atoms in total. The zero-order chi connectivity index (χ0) is 10.4. The van der Waals surface area contributed by atoms with Crippen LogP contribution in [-0.4, -0.2) is 16.9 Å². The van der Waals surface area contributed by atoms with Gasteiger partial charge in [-0.25, -0.2) is 4.98 Å². The lowest BCUT2D eigenvalue weighted by Gasteiger charge is -2.09. The lowest BCUT2D eigenvalue weighted by atomic mass is 10.2. The van der Waals surface area contributed by atoms with Gasteiger partial charge in [-0.1, -0.05) is 18.5 Å². The van der Waals surface area contributed by atoms with Crippen molar-refractivity contribution in [2.24, 2.45) is 0 Å². The van der Waals surface area contributed by atoms with Gasteiger partial charge in [0.05, 0.1) is 5.02 Å². The Balaban J connectivity index is 2.35. The Bertz CT molecular complexity index is 279. The number of aromatic nitrogens is 1. The van der Waals surface area contributed by atoms with Gasteiger partial charge in [0, 0.05) is 18.1 Å². The Hall–Kier alpha value is -0.470. The fourth-order valence-corrected chi connectivity index (χ4v) is 1.36. The van der Waals surface area contributed by atoms with Crippen LogP contribution < -0.4 is 5.32 Å². The van der Waals surface area contributed by atoms with E-state index in [9.17, 15) is 0 Å². The summed E-state index contributed by atoms with van der Waals surface area (Å²) >= 11 is 11.9. The predicted octanol–water partition coefficient (Wildman–Crippen LogP) is 3.55. The number of nitrogens with zero attached hydrogens (tertiary/aromatic N) is 1. The molecule has 0 aliphatic rings. The molecular formula is C10H14Cl2N2. The first-order chi connectivity index (χ1) is 6.74. The van der Waals surface area contributed by atoms with E-state index in [4.69, 9.17) is 23.2 Å². The Morgan fingerprint density at radius 2 is 2.36 bits per heavy atom. The van der Waals surface area contributed by atoms with Crippen molar-refractivity contribution in [3.8, 4) is 0 Å². The Morgan fingerprint density at radius 3 is 3.00 bits per heavy atom. The minimum atomic E-state index is 0.227. The van der Waals surface area contributed by atoms with Crippen LogP contribution in [0.15, 0.2) is 18.3 Å². The predicted molar refractivity (Wildman–Crippen MR) is 62.3 cm³/mol. The van der Waals surface area contributed by atoms with Crippen molar-refractivity contribution in [3.05, 3.63) is 23.4 Å². The van der Waals surface area contributed by atoms with Crippen molar-refractivity contribution in [3.63, 3.8) is 0 Å². The molecule has 0 radical (unpaired) electrons. The van der Waals surface area contributed by atoms with Crippen molar-refractivity contribution >= 4 is 29.0 Å². The average molecular weight is 233 g/mol. The van der Waals surface area contributed by atoms with Crippen LogP contribution in [0, 0.1) is 0 Å². The Labute approximate surface area is 94.6 Å². The molecule has 78 valence electrons.